The Labute approximate surface area is 129 Å². The van der Waals surface area contributed by atoms with Crippen molar-refractivity contribution in [2.24, 2.45) is 0 Å². The van der Waals surface area contributed by atoms with Crippen molar-refractivity contribution in [3.63, 3.8) is 0 Å². The van der Waals surface area contributed by atoms with E-state index in [0.29, 0.717) is 16.3 Å². The molecule has 0 fully saturated rings. The fraction of sp³-hybridized carbons (Fsp3) is 0.250. The molecule has 0 unspecified atom stereocenters. The van der Waals surface area contributed by atoms with E-state index in [1.54, 1.807) is 6.07 Å². The number of nitrogens with zero attached hydrogens (tertiary/aromatic N) is 2. The number of halogens is 2. The Morgan fingerprint density at radius 3 is 2.75 bits per heavy atom. The lowest BCUT2D eigenvalue weighted by atomic mass is 9.95. The van der Waals surface area contributed by atoms with Crippen LogP contribution in [0.4, 0.5) is 11.4 Å². The Morgan fingerprint density at radius 1 is 1.50 bits per heavy atom. The van der Waals surface area contributed by atoms with Crippen molar-refractivity contribution in [3.8, 4) is 0 Å². The number of pyridine rings is 1. The molecular weight excluding hydrogens is 321 g/mol. The van der Waals surface area contributed by atoms with Gasteiger partial charge in [0.05, 0.1) is 26.7 Å². The predicted octanol–water partition coefficient (Wildman–Crippen LogP) is 4.29. The summed E-state index contributed by atoms with van der Waals surface area (Å²) in [6.07, 6.45) is 1.95. The highest BCUT2D eigenvalue weighted by Crippen LogP contribution is 2.38. The van der Waals surface area contributed by atoms with E-state index in [9.17, 15) is 10.1 Å². The number of anilines is 1. The third-order valence-electron chi connectivity index (χ3n) is 2.89. The summed E-state index contributed by atoms with van der Waals surface area (Å²) >= 11 is 13.1. The maximum atomic E-state index is 11.2. The summed E-state index contributed by atoms with van der Waals surface area (Å²) in [5, 5.41) is 11.0. The molecule has 0 bridgehead atoms. The molecule has 0 radical (unpaired) electrons. The van der Waals surface area contributed by atoms with Gasteiger partial charge in [0.25, 0.3) is 0 Å². The number of thiophene rings is 1. The number of nitrogens with two attached hydrogens (primary N) is 1. The normalized spacial score (nSPS) is 12.3. The first kappa shape index (κ1) is 15.0. The number of rotatable bonds is 4. The molecule has 20 heavy (non-hydrogen) atoms. The summed E-state index contributed by atoms with van der Waals surface area (Å²) in [7, 11) is 0. The van der Waals surface area contributed by atoms with Gasteiger partial charge in [-0.1, -0.05) is 30.1 Å². The number of hydrogen-bond donors (Lipinski definition) is 1. The molecule has 0 amide bonds. The molecule has 106 valence electrons. The molecule has 2 aromatic heterocycles. The van der Waals surface area contributed by atoms with Gasteiger partial charge in [0, 0.05) is 4.88 Å². The molecule has 1 atom stereocenters. The Kier molecular flexibility index (Phi) is 4.47. The van der Waals surface area contributed by atoms with Crippen LogP contribution in [0.25, 0.3) is 0 Å². The summed E-state index contributed by atoms with van der Waals surface area (Å²) in [5.74, 6) is -0.161. The van der Waals surface area contributed by atoms with E-state index in [1.807, 2.05) is 13.0 Å². The van der Waals surface area contributed by atoms with Crippen molar-refractivity contribution in [2.75, 3.05) is 5.73 Å². The highest BCUT2D eigenvalue weighted by molar-refractivity contribution is 7.16. The lowest BCUT2D eigenvalue weighted by molar-refractivity contribution is -0.385. The van der Waals surface area contributed by atoms with Crippen LogP contribution in [0.15, 0.2) is 18.3 Å². The SMILES string of the molecule is C[C@H](Cc1ccc(Cl)s1)c1c(N)cnc(Cl)c1[N+](=O)[O-]. The fourth-order valence-corrected chi connectivity index (χ4v) is 3.50. The first-order valence-corrected chi connectivity index (χ1v) is 7.30. The molecule has 2 rings (SSSR count). The molecule has 0 spiro atoms. The van der Waals surface area contributed by atoms with Gasteiger partial charge in [-0.05, 0) is 24.5 Å². The zero-order valence-corrected chi connectivity index (χ0v) is 12.8. The predicted molar refractivity (Wildman–Crippen MR) is 81.8 cm³/mol. The van der Waals surface area contributed by atoms with Crippen molar-refractivity contribution in [3.05, 3.63) is 48.4 Å². The summed E-state index contributed by atoms with van der Waals surface area (Å²) in [4.78, 5) is 15.4. The molecule has 2 aromatic rings. The van der Waals surface area contributed by atoms with Crippen LogP contribution in [0.3, 0.4) is 0 Å². The van der Waals surface area contributed by atoms with Crippen LogP contribution < -0.4 is 5.73 Å². The van der Waals surface area contributed by atoms with Gasteiger partial charge in [0.1, 0.15) is 0 Å². The summed E-state index contributed by atoms with van der Waals surface area (Å²) in [6, 6.07) is 3.69. The molecule has 5 nitrogen and oxygen atoms in total. The van der Waals surface area contributed by atoms with E-state index < -0.39 is 4.92 Å². The summed E-state index contributed by atoms with van der Waals surface area (Å²) in [6.45, 7) is 1.86. The van der Waals surface area contributed by atoms with E-state index in [0.717, 1.165) is 4.88 Å². The molecular formula is C12H11Cl2N3O2S. The monoisotopic (exact) mass is 331 g/mol. The Morgan fingerprint density at radius 2 is 2.20 bits per heavy atom. The summed E-state index contributed by atoms with van der Waals surface area (Å²) in [5.41, 5.74) is 6.31. The van der Waals surface area contributed by atoms with Crippen LogP contribution >= 0.6 is 34.5 Å². The average Bonchev–Trinajstić information content (AvgIpc) is 2.76. The third-order valence-corrected chi connectivity index (χ3v) is 4.42. The van der Waals surface area contributed by atoms with E-state index in [4.69, 9.17) is 28.9 Å². The zero-order chi connectivity index (χ0) is 14.9. The lowest BCUT2D eigenvalue weighted by Crippen LogP contribution is -2.08. The molecule has 0 aromatic carbocycles. The Hall–Kier alpha value is -1.37. The molecule has 0 aliphatic rings. The summed E-state index contributed by atoms with van der Waals surface area (Å²) < 4.78 is 0.683. The zero-order valence-electron chi connectivity index (χ0n) is 10.5. The average molecular weight is 332 g/mol. The van der Waals surface area contributed by atoms with Gasteiger partial charge in [-0.3, -0.25) is 10.1 Å². The first-order chi connectivity index (χ1) is 9.40. The van der Waals surface area contributed by atoms with E-state index in [2.05, 4.69) is 4.98 Å². The number of nitrogen functional groups attached to an aromatic ring is 1. The second kappa shape index (κ2) is 5.95. The van der Waals surface area contributed by atoms with Crippen LogP contribution in [0.5, 0.6) is 0 Å². The molecule has 2 heterocycles. The fourth-order valence-electron chi connectivity index (χ4n) is 2.06. The van der Waals surface area contributed by atoms with E-state index in [1.165, 1.54) is 17.5 Å². The molecule has 0 aliphatic carbocycles. The number of nitro groups is 1. The van der Waals surface area contributed by atoms with Gasteiger partial charge < -0.3 is 5.73 Å². The maximum Gasteiger partial charge on any atom is 0.311 e. The number of hydrogen-bond acceptors (Lipinski definition) is 5. The largest absolute Gasteiger partial charge is 0.397 e. The molecule has 2 N–H and O–H groups in total. The Balaban J connectivity index is 2.40. The standard InChI is InChI=1S/C12H11Cl2N3O2S/c1-6(4-7-2-3-9(13)20-7)10-8(15)5-16-12(14)11(10)17(18)19/h2-3,5-6H,4,15H2,1H3/t6-/m1/s1. The molecule has 0 aliphatic heterocycles. The highest BCUT2D eigenvalue weighted by atomic mass is 35.5. The van der Waals surface area contributed by atoms with E-state index in [-0.39, 0.29) is 22.4 Å². The molecule has 8 heteroatoms. The van der Waals surface area contributed by atoms with Gasteiger partial charge in [0.2, 0.25) is 5.15 Å². The minimum absolute atomic E-state index is 0.143. The van der Waals surface area contributed by atoms with Crippen LogP contribution in [-0.2, 0) is 6.42 Å². The van der Waals surface area contributed by atoms with Crippen LogP contribution in [-0.4, -0.2) is 9.91 Å². The van der Waals surface area contributed by atoms with Crippen molar-refractivity contribution in [1.82, 2.24) is 4.98 Å². The van der Waals surface area contributed by atoms with Gasteiger partial charge in [-0.15, -0.1) is 11.3 Å². The smallest absolute Gasteiger partial charge is 0.311 e. The second-order valence-electron chi connectivity index (χ2n) is 4.33. The van der Waals surface area contributed by atoms with E-state index >= 15 is 0 Å². The van der Waals surface area contributed by atoms with Gasteiger partial charge in [-0.25, -0.2) is 4.98 Å². The number of aromatic nitrogens is 1. The topological polar surface area (TPSA) is 82.0 Å². The quantitative estimate of drug-likeness (QED) is 0.514. The molecule has 0 saturated carbocycles. The Bertz CT molecular complexity index is 660. The first-order valence-electron chi connectivity index (χ1n) is 5.72. The van der Waals surface area contributed by atoms with Crippen molar-refractivity contribution < 1.29 is 4.92 Å². The third kappa shape index (κ3) is 3.03. The van der Waals surface area contributed by atoms with Crippen LogP contribution in [0, 0.1) is 10.1 Å². The van der Waals surface area contributed by atoms with Crippen LogP contribution in [0.2, 0.25) is 9.49 Å². The molecule has 0 saturated heterocycles. The van der Waals surface area contributed by atoms with Crippen molar-refractivity contribution in [2.45, 2.75) is 19.3 Å². The van der Waals surface area contributed by atoms with Crippen molar-refractivity contribution in [1.29, 1.82) is 0 Å². The van der Waals surface area contributed by atoms with Gasteiger partial charge in [0.15, 0.2) is 0 Å². The van der Waals surface area contributed by atoms with Gasteiger partial charge in [-0.2, -0.15) is 0 Å². The highest BCUT2D eigenvalue weighted by Gasteiger charge is 2.27. The maximum absolute atomic E-state index is 11.2. The lowest BCUT2D eigenvalue weighted by Gasteiger charge is -2.14. The second-order valence-corrected chi connectivity index (χ2v) is 6.49. The van der Waals surface area contributed by atoms with Crippen molar-refractivity contribution >= 4 is 45.9 Å². The minimum atomic E-state index is -0.543. The minimum Gasteiger partial charge on any atom is -0.397 e. The van der Waals surface area contributed by atoms with Crippen LogP contribution in [0.1, 0.15) is 23.3 Å². The van der Waals surface area contributed by atoms with Gasteiger partial charge >= 0.3 is 5.69 Å².